The molecule has 2 N–H and O–H groups in total. The van der Waals surface area contributed by atoms with Crippen molar-refractivity contribution < 1.29 is 27.4 Å². The Bertz CT molecular complexity index is 884. The van der Waals surface area contributed by atoms with Gasteiger partial charge in [0.1, 0.15) is 11.7 Å². The Labute approximate surface area is 151 Å². The summed E-state index contributed by atoms with van der Waals surface area (Å²) in [6, 6.07) is 5.21. The van der Waals surface area contributed by atoms with E-state index in [2.05, 4.69) is 20.6 Å². The van der Waals surface area contributed by atoms with Gasteiger partial charge >= 0.3 is 6.18 Å². The van der Waals surface area contributed by atoms with Gasteiger partial charge in [0.25, 0.3) is 0 Å². The number of fused-ring (bicyclic) bond motifs is 1. The number of hydrogen-bond donors (Lipinski definition) is 2. The standard InChI is InChI=1S/C17H15F3N4O3/c18-17(19,20)12-6-21-16(24-15(12)27-11-7-26-8-11)22-10-2-3-13-9(5-10)1-4-14(25)23-13/h2-3,5-6,11H,1,4,7-8H2,(H,23,25)(H,21,22,24). The van der Waals surface area contributed by atoms with Gasteiger partial charge in [-0.05, 0) is 30.2 Å². The molecule has 0 spiro atoms. The summed E-state index contributed by atoms with van der Waals surface area (Å²) in [6.07, 6.45) is -3.41. The minimum absolute atomic E-state index is 0.0157. The van der Waals surface area contributed by atoms with Crippen molar-refractivity contribution in [1.82, 2.24) is 9.97 Å². The van der Waals surface area contributed by atoms with Gasteiger partial charge in [-0.3, -0.25) is 4.79 Å². The number of anilines is 3. The van der Waals surface area contributed by atoms with E-state index in [0.717, 1.165) is 11.3 Å². The zero-order valence-electron chi connectivity index (χ0n) is 14.0. The lowest BCUT2D eigenvalue weighted by atomic mass is 10.0. The van der Waals surface area contributed by atoms with E-state index in [-0.39, 0.29) is 25.1 Å². The Morgan fingerprint density at radius 2 is 2.07 bits per heavy atom. The molecule has 1 aromatic heterocycles. The van der Waals surface area contributed by atoms with Crippen molar-refractivity contribution >= 4 is 23.2 Å². The van der Waals surface area contributed by atoms with Crippen LogP contribution in [0.1, 0.15) is 17.5 Å². The van der Waals surface area contributed by atoms with Crippen LogP contribution in [-0.4, -0.2) is 35.2 Å². The third-order valence-corrected chi connectivity index (χ3v) is 4.20. The average Bonchev–Trinajstić information content (AvgIpc) is 2.57. The van der Waals surface area contributed by atoms with Crippen LogP contribution in [0.3, 0.4) is 0 Å². The second-order valence-corrected chi connectivity index (χ2v) is 6.23. The van der Waals surface area contributed by atoms with Crippen LogP contribution >= 0.6 is 0 Å². The Morgan fingerprint density at radius 1 is 1.26 bits per heavy atom. The normalized spacial score (nSPS) is 16.9. The first kappa shape index (κ1) is 17.5. The zero-order chi connectivity index (χ0) is 19.0. The summed E-state index contributed by atoms with van der Waals surface area (Å²) in [5, 5.41) is 5.64. The lowest BCUT2D eigenvalue weighted by Crippen LogP contribution is -2.39. The molecular formula is C17H15F3N4O3. The lowest BCUT2D eigenvalue weighted by molar-refractivity contribution is -0.142. The van der Waals surface area contributed by atoms with Crippen molar-refractivity contribution in [1.29, 1.82) is 0 Å². The van der Waals surface area contributed by atoms with E-state index in [4.69, 9.17) is 9.47 Å². The highest BCUT2D eigenvalue weighted by molar-refractivity contribution is 5.94. The van der Waals surface area contributed by atoms with Gasteiger partial charge in [0.15, 0.2) is 0 Å². The van der Waals surface area contributed by atoms with Crippen LogP contribution in [0.15, 0.2) is 24.4 Å². The molecule has 0 bridgehead atoms. The highest BCUT2D eigenvalue weighted by atomic mass is 19.4. The number of aryl methyl sites for hydroxylation is 1. The molecule has 142 valence electrons. The SMILES string of the molecule is O=C1CCc2cc(Nc3ncc(C(F)(F)F)c(OC4COC4)n3)ccc2N1. The van der Waals surface area contributed by atoms with Crippen molar-refractivity contribution in [2.24, 2.45) is 0 Å². The molecule has 0 saturated carbocycles. The summed E-state index contributed by atoms with van der Waals surface area (Å²) in [5.41, 5.74) is 1.21. The first-order valence-corrected chi connectivity index (χ1v) is 8.27. The molecule has 0 atom stereocenters. The minimum Gasteiger partial charge on any atom is -0.469 e. The zero-order valence-corrected chi connectivity index (χ0v) is 14.0. The van der Waals surface area contributed by atoms with Crippen LogP contribution in [0.5, 0.6) is 5.88 Å². The van der Waals surface area contributed by atoms with E-state index >= 15 is 0 Å². The molecule has 0 unspecified atom stereocenters. The predicted molar refractivity (Wildman–Crippen MR) is 88.9 cm³/mol. The number of ether oxygens (including phenoxy) is 2. The molecule has 27 heavy (non-hydrogen) atoms. The molecule has 0 aliphatic carbocycles. The minimum atomic E-state index is -4.62. The third kappa shape index (κ3) is 3.80. The number of rotatable bonds is 4. The van der Waals surface area contributed by atoms with Crippen molar-refractivity contribution in [2.45, 2.75) is 25.1 Å². The molecule has 0 radical (unpaired) electrons. The maximum atomic E-state index is 13.2. The molecule has 2 aromatic rings. The van der Waals surface area contributed by atoms with Crippen molar-refractivity contribution in [3.63, 3.8) is 0 Å². The van der Waals surface area contributed by atoms with Crippen LogP contribution in [0.25, 0.3) is 0 Å². The predicted octanol–water partition coefficient (Wildman–Crippen LogP) is 2.90. The fourth-order valence-corrected chi connectivity index (χ4v) is 2.74. The lowest BCUT2D eigenvalue weighted by Gasteiger charge is -2.27. The summed E-state index contributed by atoms with van der Waals surface area (Å²) in [5.74, 6) is -0.590. The second-order valence-electron chi connectivity index (χ2n) is 6.23. The number of aromatic nitrogens is 2. The Balaban J connectivity index is 1.58. The van der Waals surface area contributed by atoms with Crippen molar-refractivity contribution in [3.8, 4) is 5.88 Å². The van der Waals surface area contributed by atoms with Crippen molar-refractivity contribution in [3.05, 3.63) is 35.5 Å². The van der Waals surface area contributed by atoms with Crippen LogP contribution in [0.4, 0.5) is 30.5 Å². The quantitative estimate of drug-likeness (QED) is 0.849. The number of carbonyl (C=O) groups is 1. The summed E-state index contributed by atoms with van der Waals surface area (Å²) >= 11 is 0. The highest BCUT2D eigenvalue weighted by Crippen LogP contribution is 2.36. The van der Waals surface area contributed by atoms with E-state index < -0.39 is 23.7 Å². The van der Waals surface area contributed by atoms with E-state index in [1.54, 1.807) is 18.2 Å². The monoisotopic (exact) mass is 380 g/mol. The first-order valence-electron chi connectivity index (χ1n) is 8.27. The summed E-state index contributed by atoms with van der Waals surface area (Å²) in [4.78, 5) is 19.1. The Kier molecular flexibility index (Phi) is 4.34. The Hall–Kier alpha value is -2.88. The first-order chi connectivity index (χ1) is 12.9. The molecule has 4 rings (SSSR count). The van der Waals surface area contributed by atoms with Gasteiger partial charge in [0, 0.05) is 24.0 Å². The van der Waals surface area contributed by atoms with Crippen LogP contribution in [-0.2, 0) is 22.1 Å². The highest BCUT2D eigenvalue weighted by Gasteiger charge is 2.37. The van der Waals surface area contributed by atoms with Gasteiger partial charge in [0.2, 0.25) is 17.7 Å². The number of nitrogens with zero attached hydrogens (tertiary/aromatic N) is 2. The van der Waals surface area contributed by atoms with Gasteiger partial charge in [-0.15, -0.1) is 0 Å². The maximum absolute atomic E-state index is 13.2. The fourth-order valence-electron chi connectivity index (χ4n) is 2.74. The number of carbonyl (C=O) groups excluding carboxylic acids is 1. The molecule has 7 nitrogen and oxygen atoms in total. The molecule has 10 heteroatoms. The fraction of sp³-hybridized carbons (Fsp3) is 0.353. The molecular weight excluding hydrogens is 365 g/mol. The van der Waals surface area contributed by atoms with E-state index in [1.807, 2.05) is 0 Å². The summed E-state index contributed by atoms with van der Waals surface area (Å²) in [6.45, 7) is 0.446. The van der Waals surface area contributed by atoms with Crippen LogP contribution < -0.4 is 15.4 Å². The number of benzene rings is 1. The number of halogens is 3. The van der Waals surface area contributed by atoms with E-state index in [9.17, 15) is 18.0 Å². The number of alkyl halides is 3. The molecule has 3 heterocycles. The average molecular weight is 380 g/mol. The van der Waals surface area contributed by atoms with Crippen LogP contribution in [0, 0.1) is 0 Å². The van der Waals surface area contributed by atoms with Gasteiger partial charge in [-0.2, -0.15) is 18.2 Å². The largest absolute Gasteiger partial charge is 0.469 e. The molecule has 2 aliphatic rings. The van der Waals surface area contributed by atoms with Gasteiger partial charge in [-0.1, -0.05) is 0 Å². The van der Waals surface area contributed by atoms with Crippen molar-refractivity contribution in [2.75, 3.05) is 23.8 Å². The number of nitrogens with one attached hydrogen (secondary N) is 2. The van der Waals surface area contributed by atoms with Gasteiger partial charge < -0.3 is 20.1 Å². The molecule has 1 aromatic carbocycles. The van der Waals surface area contributed by atoms with E-state index in [1.165, 1.54) is 0 Å². The number of hydrogen-bond acceptors (Lipinski definition) is 6. The molecule has 1 saturated heterocycles. The van der Waals surface area contributed by atoms with Gasteiger partial charge in [0.05, 0.1) is 13.2 Å². The van der Waals surface area contributed by atoms with Gasteiger partial charge in [-0.25, -0.2) is 4.98 Å². The second kappa shape index (κ2) is 6.69. The molecule has 1 fully saturated rings. The number of amides is 1. The summed E-state index contributed by atoms with van der Waals surface area (Å²) < 4.78 is 49.7. The topological polar surface area (TPSA) is 85.4 Å². The maximum Gasteiger partial charge on any atom is 0.423 e. The smallest absolute Gasteiger partial charge is 0.423 e. The third-order valence-electron chi connectivity index (χ3n) is 4.20. The molecule has 1 amide bonds. The molecule has 2 aliphatic heterocycles. The summed E-state index contributed by atoms with van der Waals surface area (Å²) in [7, 11) is 0. The van der Waals surface area contributed by atoms with E-state index in [0.29, 0.717) is 24.7 Å². The Morgan fingerprint density at radius 3 is 2.78 bits per heavy atom. The van der Waals surface area contributed by atoms with Crippen LogP contribution in [0.2, 0.25) is 0 Å².